The highest BCUT2D eigenvalue weighted by atomic mass is 32.2. The average molecular weight is 493 g/mol. The van der Waals surface area contributed by atoms with E-state index in [9.17, 15) is 4.79 Å². The normalized spacial score (nSPS) is 15.6. The van der Waals surface area contributed by atoms with Crippen LogP contribution in [-0.2, 0) is 18.6 Å². The zero-order chi connectivity index (χ0) is 25.2. The van der Waals surface area contributed by atoms with Gasteiger partial charge in [0.25, 0.3) is 0 Å². The summed E-state index contributed by atoms with van der Waals surface area (Å²) in [6, 6.07) is -0.304. The number of carbonyl (C=O) groups is 1. The largest absolute Gasteiger partial charge is 0.444 e. The zero-order valence-corrected chi connectivity index (χ0v) is 24.3. The molecular formula is C23H48N2O5SSi. The number of alkyl carbamates (subject to hydrolysis) is 1. The molecule has 9 heteroatoms. The van der Waals surface area contributed by atoms with Crippen molar-refractivity contribution in [1.82, 2.24) is 5.32 Å². The van der Waals surface area contributed by atoms with Crippen molar-refractivity contribution in [2.75, 3.05) is 19.0 Å². The van der Waals surface area contributed by atoms with E-state index in [4.69, 9.17) is 23.6 Å². The molecule has 0 heterocycles. The second-order valence-electron chi connectivity index (χ2n) is 10.3. The number of amidine groups is 1. The van der Waals surface area contributed by atoms with Gasteiger partial charge in [-0.1, -0.05) is 39.5 Å². The molecule has 0 saturated carbocycles. The number of carbonyl (C=O) groups excluding carboxylic acids is 1. The van der Waals surface area contributed by atoms with Gasteiger partial charge in [0, 0.05) is 19.0 Å². The SMILES string of the molecule is CCCSC(=N[C@H](C)[C@@H](O[Si](C)(C)C(C)(C)C)C(OCC)OCC)NC(=O)OC(C)(C)C. The third kappa shape index (κ3) is 12.0. The molecule has 0 bridgehead atoms. The maximum atomic E-state index is 12.4. The standard InChI is InChI=1S/C23H48N2O5SSi/c1-13-16-31-20(25-21(26)29-22(5,6)7)24-17(4)18(19(27-14-2)28-15-3)30-32(11,12)23(8,9)10/h17-19H,13-16H2,1-12H3,(H,24,25,26)/t17-,18-/m1/s1. The summed E-state index contributed by atoms with van der Waals surface area (Å²) in [5.41, 5.74) is -0.584. The lowest BCUT2D eigenvalue weighted by molar-refractivity contribution is -0.188. The number of hydrogen-bond acceptors (Lipinski definition) is 7. The Labute approximate surface area is 201 Å². The monoisotopic (exact) mass is 492 g/mol. The fraction of sp³-hybridized carbons (Fsp3) is 0.913. The second-order valence-corrected chi connectivity index (χ2v) is 16.1. The van der Waals surface area contributed by atoms with E-state index in [1.165, 1.54) is 11.8 Å². The van der Waals surface area contributed by atoms with E-state index < -0.39 is 32.4 Å². The van der Waals surface area contributed by atoms with Crippen LogP contribution in [0.25, 0.3) is 0 Å². The number of thioether (sulfide) groups is 1. The lowest BCUT2D eigenvalue weighted by Gasteiger charge is -2.42. The highest BCUT2D eigenvalue weighted by Crippen LogP contribution is 2.38. The maximum absolute atomic E-state index is 12.4. The summed E-state index contributed by atoms with van der Waals surface area (Å²) >= 11 is 1.50. The number of rotatable bonds is 11. The quantitative estimate of drug-likeness (QED) is 0.160. The Morgan fingerprint density at radius 3 is 1.97 bits per heavy atom. The highest BCUT2D eigenvalue weighted by molar-refractivity contribution is 8.13. The molecule has 0 aromatic carbocycles. The van der Waals surface area contributed by atoms with Gasteiger partial charge in [0.05, 0.1) is 6.04 Å². The van der Waals surface area contributed by atoms with Crippen molar-refractivity contribution in [2.24, 2.45) is 4.99 Å². The fourth-order valence-corrected chi connectivity index (χ4v) is 4.55. The first-order chi connectivity index (χ1) is 14.6. The van der Waals surface area contributed by atoms with Crippen LogP contribution in [0.5, 0.6) is 0 Å². The Bertz CT molecular complexity index is 582. The van der Waals surface area contributed by atoms with Gasteiger partial charge in [-0.15, -0.1) is 0 Å². The van der Waals surface area contributed by atoms with Crippen LogP contribution in [0, 0.1) is 0 Å². The van der Waals surface area contributed by atoms with Crippen molar-refractivity contribution < 1.29 is 23.4 Å². The number of nitrogens with one attached hydrogen (secondary N) is 1. The summed E-state index contributed by atoms with van der Waals surface area (Å²) in [5.74, 6) is 0.829. The van der Waals surface area contributed by atoms with Crippen LogP contribution in [0.4, 0.5) is 4.79 Å². The average Bonchev–Trinajstić information content (AvgIpc) is 2.61. The Morgan fingerprint density at radius 2 is 1.56 bits per heavy atom. The van der Waals surface area contributed by atoms with Crippen LogP contribution in [0.3, 0.4) is 0 Å². The van der Waals surface area contributed by atoms with Crippen molar-refractivity contribution in [3.8, 4) is 0 Å². The molecule has 1 N–H and O–H groups in total. The van der Waals surface area contributed by atoms with E-state index in [1.54, 1.807) is 0 Å². The number of ether oxygens (including phenoxy) is 3. The first-order valence-electron chi connectivity index (χ1n) is 11.7. The number of amides is 1. The summed E-state index contributed by atoms with van der Waals surface area (Å²) in [5, 5.41) is 3.35. The number of nitrogens with zero attached hydrogens (tertiary/aromatic N) is 1. The van der Waals surface area contributed by atoms with Crippen molar-refractivity contribution in [2.45, 2.75) is 118 Å². The van der Waals surface area contributed by atoms with Gasteiger partial charge in [-0.2, -0.15) is 0 Å². The van der Waals surface area contributed by atoms with Gasteiger partial charge in [-0.25, -0.2) is 4.79 Å². The topological polar surface area (TPSA) is 78.4 Å². The first-order valence-corrected chi connectivity index (χ1v) is 15.6. The maximum Gasteiger partial charge on any atom is 0.413 e. The van der Waals surface area contributed by atoms with Crippen molar-refractivity contribution in [3.63, 3.8) is 0 Å². The molecule has 0 aliphatic heterocycles. The van der Waals surface area contributed by atoms with Gasteiger partial charge in [-0.3, -0.25) is 10.3 Å². The van der Waals surface area contributed by atoms with Gasteiger partial charge >= 0.3 is 6.09 Å². The molecule has 0 aliphatic carbocycles. The van der Waals surface area contributed by atoms with E-state index in [1.807, 2.05) is 41.5 Å². The van der Waals surface area contributed by atoms with E-state index in [0.717, 1.165) is 12.2 Å². The van der Waals surface area contributed by atoms with Crippen LogP contribution < -0.4 is 5.32 Å². The van der Waals surface area contributed by atoms with Crippen LogP contribution in [-0.4, -0.2) is 62.6 Å². The van der Waals surface area contributed by atoms with Gasteiger partial charge in [0.15, 0.2) is 19.8 Å². The highest BCUT2D eigenvalue weighted by Gasteiger charge is 2.43. The zero-order valence-electron chi connectivity index (χ0n) is 22.5. The molecule has 0 rings (SSSR count). The molecule has 7 nitrogen and oxygen atoms in total. The third-order valence-electron chi connectivity index (χ3n) is 5.01. The van der Waals surface area contributed by atoms with Crippen molar-refractivity contribution in [3.05, 3.63) is 0 Å². The van der Waals surface area contributed by atoms with Crippen LogP contribution in [0.2, 0.25) is 18.1 Å². The van der Waals surface area contributed by atoms with Crippen molar-refractivity contribution in [1.29, 1.82) is 0 Å². The first kappa shape index (κ1) is 31.4. The Kier molecular flexibility index (Phi) is 13.7. The number of aliphatic imine (C=N–C) groups is 1. The summed E-state index contributed by atoms with van der Waals surface area (Å²) < 4.78 is 24.0. The second kappa shape index (κ2) is 13.9. The van der Waals surface area contributed by atoms with Gasteiger partial charge in [0.2, 0.25) is 0 Å². The predicted molar refractivity (Wildman–Crippen MR) is 138 cm³/mol. The fourth-order valence-electron chi connectivity index (χ4n) is 2.42. The van der Waals surface area contributed by atoms with Crippen molar-refractivity contribution >= 4 is 31.3 Å². The molecule has 0 fully saturated rings. The molecule has 1 amide bonds. The summed E-state index contributed by atoms with van der Waals surface area (Å²) in [6.45, 7) is 25.5. The van der Waals surface area contributed by atoms with E-state index in [0.29, 0.717) is 18.4 Å². The molecular weight excluding hydrogens is 444 g/mol. The lowest BCUT2D eigenvalue weighted by atomic mass is 10.2. The predicted octanol–water partition coefficient (Wildman–Crippen LogP) is 6.19. The Balaban J connectivity index is 5.96. The lowest BCUT2D eigenvalue weighted by Crippen LogP contribution is -2.52. The minimum absolute atomic E-state index is 0.0201. The molecule has 0 aliphatic rings. The Hall–Kier alpha value is -0.613. The molecule has 2 atom stereocenters. The van der Waals surface area contributed by atoms with Crippen LogP contribution >= 0.6 is 11.8 Å². The van der Waals surface area contributed by atoms with Gasteiger partial charge in [0.1, 0.15) is 11.7 Å². The van der Waals surface area contributed by atoms with Crippen LogP contribution in [0.15, 0.2) is 4.99 Å². The molecule has 32 heavy (non-hydrogen) atoms. The minimum atomic E-state index is -2.14. The van der Waals surface area contributed by atoms with E-state index in [-0.39, 0.29) is 11.1 Å². The molecule has 190 valence electrons. The Morgan fingerprint density at radius 1 is 1.03 bits per heavy atom. The molecule has 0 aromatic heterocycles. The molecule has 0 spiro atoms. The van der Waals surface area contributed by atoms with E-state index in [2.05, 4.69) is 46.1 Å². The summed E-state index contributed by atoms with van der Waals surface area (Å²) in [7, 11) is -2.14. The van der Waals surface area contributed by atoms with E-state index >= 15 is 0 Å². The van der Waals surface area contributed by atoms with Gasteiger partial charge in [-0.05, 0) is 66.1 Å². The smallest absolute Gasteiger partial charge is 0.413 e. The minimum Gasteiger partial charge on any atom is -0.444 e. The molecule has 0 aromatic rings. The molecule has 0 radical (unpaired) electrons. The summed E-state index contributed by atoms with van der Waals surface area (Å²) in [4.78, 5) is 17.2. The molecule has 0 unspecified atom stereocenters. The molecule has 0 saturated heterocycles. The third-order valence-corrected chi connectivity index (χ3v) is 10.6. The summed E-state index contributed by atoms with van der Waals surface area (Å²) in [6.07, 6.45) is -0.510. The van der Waals surface area contributed by atoms with Crippen LogP contribution in [0.1, 0.15) is 75.7 Å². The number of hydrogen-bond donors (Lipinski definition) is 1. The van der Waals surface area contributed by atoms with Gasteiger partial charge < -0.3 is 18.6 Å².